The molecule has 3 rings (SSSR count). The van der Waals surface area contributed by atoms with Crippen LogP contribution in [-0.4, -0.2) is 9.55 Å². The standard InChI is InChI=1S/C16H16BrN3/c1-11-16(17)14-4-2-3-5-15(14)20(11)10-12-6-7-19-13(8-12)9-18/h2-8H,9-10,18H2,1H3. The number of nitrogens with zero attached hydrogens (tertiary/aromatic N) is 2. The van der Waals surface area contributed by atoms with Gasteiger partial charge < -0.3 is 10.3 Å². The van der Waals surface area contributed by atoms with E-state index in [2.05, 4.69) is 62.7 Å². The van der Waals surface area contributed by atoms with Gasteiger partial charge in [-0.05, 0) is 46.6 Å². The fraction of sp³-hybridized carbons (Fsp3) is 0.188. The van der Waals surface area contributed by atoms with Crippen molar-refractivity contribution in [1.82, 2.24) is 9.55 Å². The Morgan fingerprint density at radius 2 is 2.05 bits per heavy atom. The summed E-state index contributed by atoms with van der Waals surface area (Å²) >= 11 is 3.69. The van der Waals surface area contributed by atoms with Gasteiger partial charge in [0.2, 0.25) is 0 Å². The third-order valence-electron chi connectivity index (χ3n) is 3.58. The number of hydrogen-bond donors (Lipinski definition) is 1. The van der Waals surface area contributed by atoms with Gasteiger partial charge in [0.1, 0.15) is 0 Å². The highest BCUT2D eigenvalue weighted by atomic mass is 79.9. The first-order valence-electron chi connectivity index (χ1n) is 6.58. The van der Waals surface area contributed by atoms with Crippen LogP contribution < -0.4 is 5.73 Å². The van der Waals surface area contributed by atoms with Gasteiger partial charge in [0.15, 0.2) is 0 Å². The molecular weight excluding hydrogens is 314 g/mol. The highest BCUT2D eigenvalue weighted by molar-refractivity contribution is 9.10. The summed E-state index contributed by atoms with van der Waals surface area (Å²) in [6.45, 7) is 3.44. The van der Waals surface area contributed by atoms with Gasteiger partial charge in [0.05, 0.1) is 5.69 Å². The number of benzene rings is 1. The zero-order chi connectivity index (χ0) is 14.1. The summed E-state index contributed by atoms with van der Waals surface area (Å²) in [6.07, 6.45) is 1.83. The van der Waals surface area contributed by atoms with Crippen molar-refractivity contribution in [2.45, 2.75) is 20.0 Å². The first-order valence-corrected chi connectivity index (χ1v) is 7.37. The highest BCUT2D eigenvalue weighted by Gasteiger charge is 2.11. The minimum atomic E-state index is 0.475. The molecule has 0 fully saturated rings. The van der Waals surface area contributed by atoms with E-state index in [-0.39, 0.29) is 0 Å². The summed E-state index contributed by atoms with van der Waals surface area (Å²) < 4.78 is 3.48. The summed E-state index contributed by atoms with van der Waals surface area (Å²) in [5, 5.41) is 1.25. The van der Waals surface area contributed by atoms with Gasteiger partial charge in [0.25, 0.3) is 0 Å². The van der Waals surface area contributed by atoms with Gasteiger partial charge in [-0.15, -0.1) is 0 Å². The molecular formula is C16H16BrN3. The molecule has 0 atom stereocenters. The Hall–Kier alpha value is -1.65. The topological polar surface area (TPSA) is 43.8 Å². The molecule has 0 aliphatic rings. The van der Waals surface area contributed by atoms with Crippen molar-refractivity contribution in [2.75, 3.05) is 0 Å². The summed E-state index contributed by atoms with van der Waals surface area (Å²) in [5.74, 6) is 0. The first kappa shape index (κ1) is 13.3. The lowest BCUT2D eigenvalue weighted by Gasteiger charge is -2.09. The van der Waals surface area contributed by atoms with Crippen LogP contribution in [0.5, 0.6) is 0 Å². The predicted octanol–water partition coefficient (Wildman–Crippen LogP) is 3.61. The van der Waals surface area contributed by atoms with E-state index in [0.717, 1.165) is 12.2 Å². The van der Waals surface area contributed by atoms with E-state index in [1.165, 1.54) is 26.6 Å². The van der Waals surface area contributed by atoms with E-state index in [1.54, 1.807) is 0 Å². The van der Waals surface area contributed by atoms with Crippen molar-refractivity contribution >= 4 is 26.8 Å². The highest BCUT2D eigenvalue weighted by Crippen LogP contribution is 2.30. The van der Waals surface area contributed by atoms with Gasteiger partial charge in [-0.3, -0.25) is 4.98 Å². The fourth-order valence-corrected chi connectivity index (χ4v) is 3.06. The van der Waals surface area contributed by atoms with Gasteiger partial charge in [-0.1, -0.05) is 18.2 Å². The lowest BCUT2D eigenvalue weighted by Crippen LogP contribution is -2.04. The Morgan fingerprint density at radius 3 is 2.85 bits per heavy atom. The van der Waals surface area contributed by atoms with Crippen molar-refractivity contribution in [3.05, 3.63) is 64.0 Å². The molecule has 0 bridgehead atoms. The molecule has 2 aromatic heterocycles. The number of rotatable bonds is 3. The normalized spacial score (nSPS) is 11.2. The Morgan fingerprint density at radius 1 is 1.25 bits per heavy atom. The summed E-state index contributed by atoms with van der Waals surface area (Å²) in [6, 6.07) is 12.5. The third kappa shape index (κ3) is 2.25. The van der Waals surface area contributed by atoms with E-state index in [4.69, 9.17) is 5.73 Å². The molecule has 0 amide bonds. The Labute approximate surface area is 126 Å². The second kappa shape index (κ2) is 5.38. The molecule has 102 valence electrons. The molecule has 1 aromatic carbocycles. The molecule has 3 nitrogen and oxygen atoms in total. The lowest BCUT2D eigenvalue weighted by atomic mass is 10.2. The molecule has 0 saturated carbocycles. The predicted molar refractivity (Wildman–Crippen MR) is 85.6 cm³/mol. The fourth-order valence-electron chi connectivity index (χ4n) is 2.51. The maximum Gasteiger partial charge on any atom is 0.0542 e. The van der Waals surface area contributed by atoms with Crippen molar-refractivity contribution in [3.8, 4) is 0 Å². The smallest absolute Gasteiger partial charge is 0.0542 e. The van der Waals surface area contributed by atoms with Crippen LogP contribution in [-0.2, 0) is 13.1 Å². The molecule has 0 aliphatic carbocycles. The second-order valence-electron chi connectivity index (χ2n) is 4.86. The summed E-state index contributed by atoms with van der Waals surface area (Å²) in [5.41, 5.74) is 10.3. The molecule has 20 heavy (non-hydrogen) atoms. The minimum Gasteiger partial charge on any atom is -0.339 e. The van der Waals surface area contributed by atoms with E-state index >= 15 is 0 Å². The molecule has 0 radical (unpaired) electrons. The number of para-hydroxylation sites is 1. The number of nitrogens with two attached hydrogens (primary N) is 1. The Balaban J connectivity index is 2.08. The van der Waals surface area contributed by atoms with Gasteiger partial charge >= 0.3 is 0 Å². The third-order valence-corrected chi connectivity index (χ3v) is 4.59. The van der Waals surface area contributed by atoms with E-state index < -0.39 is 0 Å². The second-order valence-corrected chi connectivity index (χ2v) is 5.66. The van der Waals surface area contributed by atoms with Crippen LogP contribution in [0.1, 0.15) is 17.0 Å². The molecule has 4 heteroatoms. The van der Waals surface area contributed by atoms with Crippen LogP contribution in [0.4, 0.5) is 0 Å². The molecule has 0 saturated heterocycles. The summed E-state index contributed by atoms with van der Waals surface area (Å²) in [4.78, 5) is 4.25. The zero-order valence-corrected chi connectivity index (χ0v) is 12.9. The number of aromatic nitrogens is 2. The monoisotopic (exact) mass is 329 g/mol. The van der Waals surface area contributed by atoms with Crippen molar-refractivity contribution in [3.63, 3.8) is 0 Å². The van der Waals surface area contributed by atoms with Gasteiger partial charge in [0, 0.05) is 40.4 Å². The largest absolute Gasteiger partial charge is 0.339 e. The van der Waals surface area contributed by atoms with Crippen LogP contribution in [0.3, 0.4) is 0 Å². The van der Waals surface area contributed by atoms with Crippen LogP contribution in [0.15, 0.2) is 47.1 Å². The quantitative estimate of drug-likeness (QED) is 0.797. The number of fused-ring (bicyclic) bond motifs is 1. The van der Waals surface area contributed by atoms with Crippen molar-refractivity contribution < 1.29 is 0 Å². The number of hydrogen-bond acceptors (Lipinski definition) is 2. The SMILES string of the molecule is Cc1c(Br)c2ccccc2n1Cc1ccnc(CN)c1. The van der Waals surface area contributed by atoms with E-state index in [0.29, 0.717) is 6.54 Å². The minimum absolute atomic E-state index is 0.475. The molecule has 3 aromatic rings. The van der Waals surface area contributed by atoms with Gasteiger partial charge in [-0.2, -0.15) is 0 Å². The molecule has 0 aliphatic heterocycles. The van der Waals surface area contributed by atoms with E-state index in [1.807, 2.05) is 12.3 Å². The zero-order valence-electron chi connectivity index (χ0n) is 11.3. The number of pyridine rings is 1. The first-order chi connectivity index (χ1) is 9.70. The van der Waals surface area contributed by atoms with Crippen LogP contribution in [0, 0.1) is 6.92 Å². The van der Waals surface area contributed by atoms with Gasteiger partial charge in [-0.25, -0.2) is 0 Å². The maximum absolute atomic E-state index is 5.66. The average molecular weight is 330 g/mol. The van der Waals surface area contributed by atoms with Crippen LogP contribution >= 0.6 is 15.9 Å². The lowest BCUT2D eigenvalue weighted by molar-refractivity contribution is 0.796. The maximum atomic E-state index is 5.66. The molecule has 0 unspecified atom stereocenters. The summed E-state index contributed by atoms with van der Waals surface area (Å²) in [7, 11) is 0. The Bertz CT molecular complexity index is 762. The van der Waals surface area contributed by atoms with Crippen LogP contribution in [0.2, 0.25) is 0 Å². The molecule has 0 spiro atoms. The molecule has 2 heterocycles. The van der Waals surface area contributed by atoms with Crippen LogP contribution in [0.25, 0.3) is 10.9 Å². The molecule has 2 N–H and O–H groups in total. The number of halogens is 1. The van der Waals surface area contributed by atoms with Crippen molar-refractivity contribution in [1.29, 1.82) is 0 Å². The Kier molecular flexibility index (Phi) is 3.59. The average Bonchev–Trinajstić information content (AvgIpc) is 2.73. The van der Waals surface area contributed by atoms with E-state index in [9.17, 15) is 0 Å². The van der Waals surface area contributed by atoms with Crippen molar-refractivity contribution in [2.24, 2.45) is 5.73 Å².